The molecule has 0 radical (unpaired) electrons. The Labute approximate surface area is 138 Å². The molecule has 3 rings (SSSR count). The van der Waals surface area contributed by atoms with Crippen molar-refractivity contribution in [3.05, 3.63) is 27.3 Å². The molecule has 23 heavy (non-hydrogen) atoms. The van der Waals surface area contributed by atoms with E-state index in [1.54, 1.807) is 0 Å². The summed E-state index contributed by atoms with van der Waals surface area (Å²) in [4.78, 5) is 21.6. The van der Waals surface area contributed by atoms with Crippen LogP contribution in [0, 0.1) is 6.92 Å². The number of hydrogen-bond donors (Lipinski definition) is 1. The number of hydrogen-bond acceptors (Lipinski definition) is 7. The van der Waals surface area contributed by atoms with Crippen molar-refractivity contribution in [3.8, 4) is 0 Å². The Hall–Kier alpha value is -1.80. The number of nitrogens with zero attached hydrogens (tertiary/aromatic N) is 3. The molecular formula is C15H20N4O3S. The molecule has 0 aromatic carbocycles. The van der Waals surface area contributed by atoms with Crippen LogP contribution >= 0.6 is 11.3 Å². The molecule has 1 unspecified atom stereocenters. The van der Waals surface area contributed by atoms with Crippen LogP contribution in [-0.2, 0) is 11.3 Å². The van der Waals surface area contributed by atoms with Gasteiger partial charge in [-0.1, -0.05) is 19.0 Å². The molecule has 2 aromatic rings. The fourth-order valence-electron chi connectivity index (χ4n) is 2.36. The Bertz CT molecular complexity index is 689. The zero-order valence-corrected chi connectivity index (χ0v) is 14.3. The second-order valence-corrected chi connectivity index (χ2v) is 6.89. The van der Waals surface area contributed by atoms with Gasteiger partial charge >= 0.3 is 0 Å². The van der Waals surface area contributed by atoms with Crippen molar-refractivity contribution in [1.29, 1.82) is 0 Å². The van der Waals surface area contributed by atoms with E-state index in [9.17, 15) is 4.79 Å². The number of carbonyl (C=O) groups is 1. The molecule has 0 bridgehead atoms. The topological polar surface area (TPSA) is 90.1 Å². The van der Waals surface area contributed by atoms with Gasteiger partial charge in [-0.25, -0.2) is 4.98 Å². The molecule has 0 spiro atoms. The van der Waals surface area contributed by atoms with Gasteiger partial charge in [0, 0.05) is 12.5 Å². The van der Waals surface area contributed by atoms with Gasteiger partial charge < -0.3 is 14.6 Å². The van der Waals surface area contributed by atoms with Crippen molar-refractivity contribution in [1.82, 2.24) is 20.4 Å². The van der Waals surface area contributed by atoms with Crippen LogP contribution < -0.4 is 5.32 Å². The fourth-order valence-corrected chi connectivity index (χ4v) is 3.34. The van der Waals surface area contributed by atoms with E-state index in [0.29, 0.717) is 22.5 Å². The van der Waals surface area contributed by atoms with E-state index in [1.165, 1.54) is 11.3 Å². The molecule has 3 heterocycles. The number of ether oxygens (including phenoxy) is 1. The minimum Gasteiger partial charge on any atom is -0.368 e. The van der Waals surface area contributed by atoms with Gasteiger partial charge in [0.25, 0.3) is 11.8 Å². The third-order valence-electron chi connectivity index (χ3n) is 3.61. The lowest BCUT2D eigenvalue weighted by atomic mass is 10.2. The van der Waals surface area contributed by atoms with Crippen LogP contribution in [-0.4, -0.2) is 27.6 Å². The Morgan fingerprint density at radius 3 is 2.91 bits per heavy atom. The molecule has 1 amide bonds. The van der Waals surface area contributed by atoms with Crippen molar-refractivity contribution in [2.45, 2.75) is 52.2 Å². The Morgan fingerprint density at radius 2 is 2.26 bits per heavy atom. The van der Waals surface area contributed by atoms with Gasteiger partial charge in [-0.2, -0.15) is 4.98 Å². The highest BCUT2D eigenvalue weighted by Gasteiger charge is 2.24. The normalized spacial score (nSPS) is 17.8. The van der Waals surface area contributed by atoms with E-state index < -0.39 is 0 Å². The van der Waals surface area contributed by atoms with E-state index >= 15 is 0 Å². The number of rotatable bonds is 5. The number of aromatic nitrogens is 3. The smallest absolute Gasteiger partial charge is 0.263 e. The molecule has 1 aliphatic rings. The van der Waals surface area contributed by atoms with Crippen molar-refractivity contribution < 1.29 is 14.1 Å². The molecule has 8 heteroatoms. The quantitative estimate of drug-likeness (QED) is 0.903. The summed E-state index contributed by atoms with van der Waals surface area (Å²) >= 11 is 1.43. The van der Waals surface area contributed by atoms with Gasteiger partial charge in [-0.3, -0.25) is 4.79 Å². The molecule has 1 saturated heterocycles. The standard InChI is InChI=1S/C15H20N4O3S/c1-8(2)15-17-9(3)12(23-15)13(20)16-7-11-18-14(22-19-11)10-5-4-6-21-10/h8,10H,4-7H2,1-3H3,(H,16,20). The predicted octanol–water partition coefficient (Wildman–Crippen LogP) is 2.74. The second kappa shape index (κ2) is 6.76. The molecule has 2 aromatic heterocycles. The molecule has 7 nitrogen and oxygen atoms in total. The van der Waals surface area contributed by atoms with Crippen LogP contribution in [0.3, 0.4) is 0 Å². The number of nitrogens with one attached hydrogen (secondary N) is 1. The Kier molecular flexibility index (Phi) is 4.72. The van der Waals surface area contributed by atoms with Crippen LogP contribution in [0.2, 0.25) is 0 Å². The highest BCUT2D eigenvalue weighted by Crippen LogP contribution is 2.27. The van der Waals surface area contributed by atoms with Crippen LogP contribution in [0.15, 0.2) is 4.52 Å². The van der Waals surface area contributed by atoms with Crippen LogP contribution in [0.5, 0.6) is 0 Å². The average molecular weight is 336 g/mol. The molecule has 1 N–H and O–H groups in total. The summed E-state index contributed by atoms with van der Waals surface area (Å²) in [5.74, 6) is 1.10. The van der Waals surface area contributed by atoms with E-state index in [-0.39, 0.29) is 18.6 Å². The van der Waals surface area contributed by atoms with Crippen LogP contribution in [0.25, 0.3) is 0 Å². The maximum absolute atomic E-state index is 12.3. The lowest BCUT2D eigenvalue weighted by Gasteiger charge is -2.01. The minimum atomic E-state index is -0.157. The second-order valence-electron chi connectivity index (χ2n) is 5.85. The summed E-state index contributed by atoms with van der Waals surface area (Å²) in [5, 5.41) is 7.67. The summed E-state index contributed by atoms with van der Waals surface area (Å²) in [6.07, 6.45) is 1.79. The fraction of sp³-hybridized carbons (Fsp3) is 0.600. The molecule has 1 fully saturated rings. The summed E-state index contributed by atoms with van der Waals surface area (Å²) in [6.45, 7) is 6.92. The lowest BCUT2D eigenvalue weighted by Crippen LogP contribution is -2.23. The molecule has 0 aliphatic carbocycles. The predicted molar refractivity (Wildman–Crippen MR) is 84.3 cm³/mol. The van der Waals surface area contributed by atoms with Crippen LogP contribution in [0.4, 0.5) is 0 Å². The molecule has 1 atom stereocenters. The van der Waals surface area contributed by atoms with Gasteiger partial charge in [-0.05, 0) is 19.8 Å². The van der Waals surface area contributed by atoms with Gasteiger partial charge in [0.1, 0.15) is 11.0 Å². The third kappa shape index (κ3) is 3.59. The van der Waals surface area contributed by atoms with E-state index in [2.05, 4.69) is 34.3 Å². The van der Waals surface area contributed by atoms with Crippen molar-refractivity contribution in [2.75, 3.05) is 6.61 Å². The largest absolute Gasteiger partial charge is 0.368 e. The van der Waals surface area contributed by atoms with Gasteiger partial charge in [-0.15, -0.1) is 11.3 Å². The van der Waals surface area contributed by atoms with Crippen molar-refractivity contribution in [3.63, 3.8) is 0 Å². The highest BCUT2D eigenvalue weighted by atomic mass is 32.1. The minimum absolute atomic E-state index is 0.107. The first-order valence-electron chi connectivity index (χ1n) is 7.74. The molecule has 0 saturated carbocycles. The number of thiazole rings is 1. The van der Waals surface area contributed by atoms with E-state index in [0.717, 1.165) is 30.2 Å². The summed E-state index contributed by atoms with van der Waals surface area (Å²) in [7, 11) is 0. The molecule has 1 aliphatic heterocycles. The molecule has 124 valence electrons. The first kappa shape index (κ1) is 16.1. The Morgan fingerprint density at radius 1 is 1.43 bits per heavy atom. The third-order valence-corrected chi connectivity index (χ3v) is 5.07. The van der Waals surface area contributed by atoms with E-state index in [1.807, 2.05) is 6.92 Å². The summed E-state index contributed by atoms with van der Waals surface area (Å²) in [5.41, 5.74) is 0.754. The van der Waals surface area contributed by atoms with Gasteiger partial charge in [0.05, 0.1) is 17.2 Å². The Balaban J connectivity index is 1.60. The zero-order valence-electron chi connectivity index (χ0n) is 13.5. The monoisotopic (exact) mass is 336 g/mol. The van der Waals surface area contributed by atoms with E-state index in [4.69, 9.17) is 9.26 Å². The van der Waals surface area contributed by atoms with Crippen molar-refractivity contribution in [2.24, 2.45) is 0 Å². The SMILES string of the molecule is Cc1nc(C(C)C)sc1C(=O)NCc1noc(C2CCCO2)n1. The highest BCUT2D eigenvalue weighted by molar-refractivity contribution is 7.13. The first-order chi connectivity index (χ1) is 11.0. The number of carbonyl (C=O) groups excluding carboxylic acids is 1. The number of aryl methyl sites for hydroxylation is 1. The maximum Gasteiger partial charge on any atom is 0.263 e. The first-order valence-corrected chi connectivity index (χ1v) is 8.56. The van der Waals surface area contributed by atoms with Crippen LogP contribution in [0.1, 0.15) is 70.8 Å². The van der Waals surface area contributed by atoms with Gasteiger partial charge in [0.15, 0.2) is 5.82 Å². The van der Waals surface area contributed by atoms with Crippen molar-refractivity contribution >= 4 is 17.2 Å². The maximum atomic E-state index is 12.3. The zero-order chi connectivity index (χ0) is 16.4. The molecular weight excluding hydrogens is 316 g/mol. The summed E-state index contributed by atoms with van der Waals surface area (Å²) < 4.78 is 10.7. The lowest BCUT2D eigenvalue weighted by molar-refractivity contribution is 0.0835. The number of amides is 1. The van der Waals surface area contributed by atoms with Gasteiger partial charge in [0.2, 0.25) is 0 Å². The summed E-state index contributed by atoms with van der Waals surface area (Å²) in [6, 6.07) is 0. The average Bonchev–Trinajstić information content (AvgIpc) is 3.24.